The third-order valence-electron chi connectivity index (χ3n) is 5.12. The van der Waals surface area contributed by atoms with Crippen LogP contribution >= 0.6 is 0 Å². The number of benzene rings is 1. The maximum atomic E-state index is 6.58. The van der Waals surface area contributed by atoms with Gasteiger partial charge in [0.2, 0.25) is 0 Å². The van der Waals surface area contributed by atoms with Crippen LogP contribution in [0.15, 0.2) is 24.3 Å². The third-order valence-corrected chi connectivity index (χ3v) is 5.12. The molecule has 116 valence electrons. The van der Waals surface area contributed by atoms with Gasteiger partial charge in [0.1, 0.15) is 0 Å². The first kappa shape index (κ1) is 15.0. The highest BCUT2D eigenvalue weighted by atomic mass is 16.5. The summed E-state index contributed by atoms with van der Waals surface area (Å²) >= 11 is 0. The number of hydrogen-bond donors (Lipinski definition) is 1. The van der Waals surface area contributed by atoms with Gasteiger partial charge in [-0.3, -0.25) is 0 Å². The lowest BCUT2D eigenvalue weighted by Crippen LogP contribution is -2.49. The van der Waals surface area contributed by atoms with Crippen LogP contribution in [0.2, 0.25) is 0 Å². The molecule has 3 nitrogen and oxygen atoms in total. The molecule has 1 fully saturated rings. The molecule has 0 amide bonds. The predicted molar refractivity (Wildman–Crippen MR) is 84.3 cm³/mol. The SMILES string of the molecule is CCOC1(C(N)CC2OCCc3ccccc32)CCCC1. The Morgan fingerprint density at radius 3 is 2.86 bits per heavy atom. The van der Waals surface area contributed by atoms with Crippen molar-refractivity contribution in [3.8, 4) is 0 Å². The summed E-state index contributed by atoms with van der Waals surface area (Å²) in [6.07, 6.45) is 6.65. The van der Waals surface area contributed by atoms with E-state index in [1.807, 2.05) is 0 Å². The molecule has 1 aliphatic heterocycles. The van der Waals surface area contributed by atoms with Gasteiger partial charge in [-0.25, -0.2) is 0 Å². The molecular formula is C18H27NO2. The summed E-state index contributed by atoms with van der Waals surface area (Å²) in [5.74, 6) is 0. The standard InChI is InChI=1S/C18H27NO2/c1-2-21-18(10-5-6-11-18)17(19)13-16-15-8-4-3-7-14(15)9-12-20-16/h3-4,7-8,16-17H,2,5-6,9-13,19H2,1H3. The van der Waals surface area contributed by atoms with Crippen molar-refractivity contribution in [2.24, 2.45) is 5.73 Å². The summed E-state index contributed by atoms with van der Waals surface area (Å²) in [6.45, 7) is 3.62. The van der Waals surface area contributed by atoms with Gasteiger partial charge in [-0.2, -0.15) is 0 Å². The van der Waals surface area contributed by atoms with Crippen LogP contribution in [-0.2, 0) is 15.9 Å². The summed E-state index contributed by atoms with van der Waals surface area (Å²) in [5, 5.41) is 0. The number of rotatable bonds is 5. The van der Waals surface area contributed by atoms with Crippen LogP contribution in [0.5, 0.6) is 0 Å². The molecule has 2 aliphatic rings. The zero-order valence-electron chi connectivity index (χ0n) is 13.0. The number of fused-ring (bicyclic) bond motifs is 1. The van der Waals surface area contributed by atoms with Crippen molar-refractivity contribution in [3.63, 3.8) is 0 Å². The van der Waals surface area contributed by atoms with Crippen LogP contribution in [0.1, 0.15) is 56.3 Å². The number of hydrogen-bond acceptors (Lipinski definition) is 3. The molecule has 1 aliphatic carbocycles. The Kier molecular flexibility index (Phi) is 4.63. The molecule has 21 heavy (non-hydrogen) atoms. The third kappa shape index (κ3) is 3.01. The van der Waals surface area contributed by atoms with Crippen molar-refractivity contribution in [3.05, 3.63) is 35.4 Å². The topological polar surface area (TPSA) is 44.5 Å². The molecule has 3 rings (SSSR count). The minimum Gasteiger partial charge on any atom is -0.374 e. The quantitative estimate of drug-likeness (QED) is 0.904. The van der Waals surface area contributed by atoms with Crippen molar-refractivity contribution in [2.45, 2.75) is 63.2 Å². The van der Waals surface area contributed by atoms with E-state index in [0.717, 1.165) is 38.9 Å². The van der Waals surface area contributed by atoms with Gasteiger partial charge in [-0.1, -0.05) is 37.1 Å². The average molecular weight is 289 g/mol. The minimum atomic E-state index is -0.121. The van der Waals surface area contributed by atoms with E-state index < -0.39 is 0 Å². The lowest BCUT2D eigenvalue weighted by Gasteiger charge is -2.38. The summed E-state index contributed by atoms with van der Waals surface area (Å²) < 4.78 is 12.1. The first-order chi connectivity index (χ1) is 10.2. The largest absolute Gasteiger partial charge is 0.374 e. The lowest BCUT2D eigenvalue weighted by atomic mass is 9.85. The highest BCUT2D eigenvalue weighted by Gasteiger charge is 2.41. The molecule has 1 aromatic carbocycles. The monoisotopic (exact) mass is 289 g/mol. The zero-order chi connectivity index (χ0) is 14.7. The fourth-order valence-corrected chi connectivity index (χ4v) is 4.00. The smallest absolute Gasteiger partial charge is 0.0843 e. The molecule has 0 spiro atoms. The Morgan fingerprint density at radius 2 is 2.10 bits per heavy atom. The van der Waals surface area contributed by atoms with Crippen LogP contribution in [-0.4, -0.2) is 24.9 Å². The summed E-state index contributed by atoms with van der Waals surface area (Å²) in [5.41, 5.74) is 9.20. The summed E-state index contributed by atoms with van der Waals surface area (Å²) in [4.78, 5) is 0. The second kappa shape index (κ2) is 6.47. The molecule has 2 atom stereocenters. The number of nitrogens with two attached hydrogens (primary N) is 1. The molecule has 0 radical (unpaired) electrons. The van der Waals surface area contributed by atoms with E-state index in [2.05, 4.69) is 31.2 Å². The Morgan fingerprint density at radius 1 is 1.33 bits per heavy atom. The van der Waals surface area contributed by atoms with Crippen molar-refractivity contribution in [1.82, 2.24) is 0 Å². The molecule has 0 aromatic heterocycles. The van der Waals surface area contributed by atoms with Gasteiger partial charge < -0.3 is 15.2 Å². The van der Waals surface area contributed by atoms with E-state index in [4.69, 9.17) is 15.2 Å². The predicted octanol–water partition coefficient (Wildman–Crippen LogP) is 3.37. The summed E-state index contributed by atoms with van der Waals surface area (Å²) in [7, 11) is 0. The Balaban J connectivity index is 1.74. The van der Waals surface area contributed by atoms with E-state index in [1.54, 1.807) is 0 Å². The van der Waals surface area contributed by atoms with Gasteiger partial charge in [0.05, 0.1) is 18.3 Å². The van der Waals surface area contributed by atoms with E-state index in [0.29, 0.717) is 0 Å². The Bertz CT molecular complexity index is 468. The van der Waals surface area contributed by atoms with Crippen molar-refractivity contribution < 1.29 is 9.47 Å². The average Bonchev–Trinajstić information content (AvgIpc) is 2.98. The van der Waals surface area contributed by atoms with Crippen LogP contribution in [0.3, 0.4) is 0 Å². The highest BCUT2D eigenvalue weighted by molar-refractivity contribution is 5.31. The normalized spacial score (nSPS) is 25.5. The van der Waals surface area contributed by atoms with Crippen LogP contribution in [0.25, 0.3) is 0 Å². The fraction of sp³-hybridized carbons (Fsp3) is 0.667. The second-order valence-corrected chi connectivity index (χ2v) is 6.36. The van der Waals surface area contributed by atoms with Gasteiger partial charge >= 0.3 is 0 Å². The van der Waals surface area contributed by atoms with E-state index in [9.17, 15) is 0 Å². The molecule has 2 unspecified atom stereocenters. The molecule has 2 N–H and O–H groups in total. The van der Waals surface area contributed by atoms with Crippen molar-refractivity contribution in [2.75, 3.05) is 13.2 Å². The molecular weight excluding hydrogens is 262 g/mol. The van der Waals surface area contributed by atoms with Crippen molar-refractivity contribution >= 4 is 0 Å². The first-order valence-electron chi connectivity index (χ1n) is 8.34. The fourth-order valence-electron chi connectivity index (χ4n) is 4.00. The molecule has 0 bridgehead atoms. The highest BCUT2D eigenvalue weighted by Crippen LogP contribution is 2.40. The maximum Gasteiger partial charge on any atom is 0.0843 e. The zero-order valence-corrected chi connectivity index (χ0v) is 13.0. The maximum absolute atomic E-state index is 6.58. The summed E-state index contributed by atoms with van der Waals surface area (Å²) in [6, 6.07) is 8.66. The lowest BCUT2D eigenvalue weighted by molar-refractivity contribution is -0.0692. The van der Waals surface area contributed by atoms with Crippen LogP contribution in [0.4, 0.5) is 0 Å². The molecule has 3 heteroatoms. The van der Waals surface area contributed by atoms with E-state index in [1.165, 1.54) is 24.0 Å². The second-order valence-electron chi connectivity index (χ2n) is 6.36. The molecule has 1 heterocycles. The van der Waals surface area contributed by atoms with Crippen molar-refractivity contribution in [1.29, 1.82) is 0 Å². The van der Waals surface area contributed by atoms with Gasteiger partial charge in [-0.05, 0) is 43.7 Å². The molecule has 1 aromatic rings. The Hall–Kier alpha value is -0.900. The Labute approximate surface area is 127 Å². The van der Waals surface area contributed by atoms with Gasteiger partial charge in [0.25, 0.3) is 0 Å². The number of ether oxygens (including phenoxy) is 2. The van der Waals surface area contributed by atoms with Gasteiger partial charge in [0, 0.05) is 12.6 Å². The molecule has 0 saturated heterocycles. The molecule has 1 saturated carbocycles. The van der Waals surface area contributed by atoms with E-state index >= 15 is 0 Å². The first-order valence-corrected chi connectivity index (χ1v) is 8.34. The van der Waals surface area contributed by atoms with Gasteiger partial charge in [-0.15, -0.1) is 0 Å². The van der Waals surface area contributed by atoms with Crippen LogP contribution < -0.4 is 5.73 Å². The minimum absolute atomic E-state index is 0.0520. The van der Waals surface area contributed by atoms with E-state index in [-0.39, 0.29) is 17.7 Å². The van der Waals surface area contributed by atoms with Crippen LogP contribution in [0, 0.1) is 0 Å². The van der Waals surface area contributed by atoms with Gasteiger partial charge in [0.15, 0.2) is 0 Å².